The van der Waals surface area contributed by atoms with Crippen molar-refractivity contribution in [3.63, 3.8) is 0 Å². The lowest BCUT2D eigenvalue weighted by Gasteiger charge is -2.12. The van der Waals surface area contributed by atoms with Crippen LogP contribution in [0.3, 0.4) is 0 Å². The van der Waals surface area contributed by atoms with E-state index in [1.165, 1.54) is 0 Å². The molecule has 64 valence electrons. The number of aliphatic carboxylic acids is 1. The van der Waals surface area contributed by atoms with Crippen molar-refractivity contribution in [2.75, 3.05) is 6.54 Å². The van der Waals surface area contributed by atoms with Crippen LogP contribution in [0.4, 0.5) is 0 Å². The molecule has 0 saturated carbocycles. The van der Waals surface area contributed by atoms with Gasteiger partial charge in [0.25, 0.3) is 0 Å². The largest absolute Gasteiger partial charge is 0.480 e. The zero-order chi connectivity index (χ0) is 8.85. The monoisotopic (exact) mass is 160 g/mol. The minimum absolute atomic E-state index is 0.295. The molecule has 0 rings (SSSR count). The molecule has 0 bridgehead atoms. The second-order valence-corrected chi connectivity index (χ2v) is 2.17. The van der Waals surface area contributed by atoms with Crippen LogP contribution in [-0.2, 0) is 9.59 Å². The van der Waals surface area contributed by atoms with Gasteiger partial charge in [0.1, 0.15) is 6.54 Å². The molecule has 0 spiro atoms. The molecule has 5 heteroatoms. The Morgan fingerprint density at radius 2 is 2.09 bits per heavy atom. The Kier molecular flexibility index (Phi) is 4.21. The van der Waals surface area contributed by atoms with Crippen LogP contribution in [0.1, 0.15) is 19.8 Å². The molecule has 1 amide bonds. The van der Waals surface area contributed by atoms with E-state index in [1.807, 2.05) is 6.92 Å². The van der Waals surface area contributed by atoms with Crippen molar-refractivity contribution in [2.45, 2.75) is 19.8 Å². The molecule has 0 aliphatic carbocycles. The topological polar surface area (TPSA) is 83.6 Å². The third-order valence-electron chi connectivity index (χ3n) is 1.09. The van der Waals surface area contributed by atoms with Crippen LogP contribution in [0.5, 0.6) is 0 Å². The highest BCUT2D eigenvalue weighted by atomic mass is 16.4. The number of carbonyl (C=O) groups excluding carboxylic acids is 1. The van der Waals surface area contributed by atoms with Crippen LogP contribution >= 0.6 is 0 Å². The molecule has 0 aliphatic heterocycles. The highest BCUT2D eigenvalue weighted by Gasteiger charge is 2.10. The van der Waals surface area contributed by atoms with Crippen molar-refractivity contribution >= 4 is 11.9 Å². The van der Waals surface area contributed by atoms with E-state index in [4.69, 9.17) is 10.9 Å². The number of carboxylic acid groups (broad SMARTS) is 1. The Labute approximate surface area is 64.8 Å². The predicted molar refractivity (Wildman–Crippen MR) is 38.4 cm³/mol. The Hall–Kier alpha value is -1.10. The molecule has 0 aromatic heterocycles. The Bertz CT molecular complexity index is 158. The van der Waals surface area contributed by atoms with E-state index in [2.05, 4.69) is 0 Å². The Balaban J connectivity index is 3.73. The smallest absolute Gasteiger partial charge is 0.324 e. The summed E-state index contributed by atoms with van der Waals surface area (Å²) in [6, 6.07) is 0. The second kappa shape index (κ2) is 4.68. The van der Waals surface area contributed by atoms with Crippen LogP contribution in [0.15, 0.2) is 0 Å². The Morgan fingerprint density at radius 3 is 2.45 bits per heavy atom. The molecule has 0 unspecified atom stereocenters. The number of amides is 1. The highest BCUT2D eigenvalue weighted by molar-refractivity contribution is 5.80. The number of nitrogens with two attached hydrogens (primary N) is 1. The number of hydrogen-bond acceptors (Lipinski definition) is 3. The maximum atomic E-state index is 10.8. The van der Waals surface area contributed by atoms with Gasteiger partial charge in [0.15, 0.2) is 0 Å². The molecule has 0 atom stereocenters. The lowest BCUT2D eigenvalue weighted by atomic mass is 10.3. The molecule has 3 N–H and O–H groups in total. The SMILES string of the molecule is CCCC(=O)N(N)CC(=O)O. The number of hydrazine groups is 1. The molecule has 0 aromatic carbocycles. The van der Waals surface area contributed by atoms with Crippen molar-refractivity contribution in [2.24, 2.45) is 5.84 Å². The van der Waals surface area contributed by atoms with Gasteiger partial charge in [-0.15, -0.1) is 0 Å². The third-order valence-corrected chi connectivity index (χ3v) is 1.09. The number of carboxylic acids is 1. The molecule has 0 radical (unpaired) electrons. The number of hydrogen-bond donors (Lipinski definition) is 2. The highest BCUT2D eigenvalue weighted by Crippen LogP contribution is 1.91. The van der Waals surface area contributed by atoms with Crippen molar-refractivity contribution in [3.05, 3.63) is 0 Å². The van der Waals surface area contributed by atoms with Crippen molar-refractivity contribution in [3.8, 4) is 0 Å². The lowest BCUT2D eigenvalue weighted by Crippen LogP contribution is -2.40. The van der Waals surface area contributed by atoms with Gasteiger partial charge >= 0.3 is 5.97 Å². The predicted octanol–water partition coefficient (Wildman–Crippen LogP) is -0.427. The van der Waals surface area contributed by atoms with Gasteiger partial charge in [0.2, 0.25) is 5.91 Å². The Morgan fingerprint density at radius 1 is 1.55 bits per heavy atom. The standard InChI is InChI=1S/C6H12N2O3/c1-2-3-5(9)8(7)4-6(10)11/h2-4,7H2,1H3,(H,10,11). The first-order valence-corrected chi connectivity index (χ1v) is 3.34. The summed E-state index contributed by atoms with van der Waals surface area (Å²) < 4.78 is 0. The summed E-state index contributed by atoms with van der Waals surface area (Å²) in [5.41, 5.74) is 0. The van der Waals surface area contributed by atoms with E-state index in [0.29, 0.717) is 17.9 Å². The molecule has 5 nitrogen and oxygen atoms in total. The minimum atomic E-state index is -1.10. The fourth-order valence-corrected chi connectivity index (χ4v) is 0.591. The van der Waals surface area contributed by atoms with E-state index >= 15 is 0 Å². The number of nitrogens with zero attached hydrogens (tertiary/aromatic N) is 1. The summed E-state index contributed by atoms with van der Waals surface area (Å²) in [5.74, 6) is 3.67. The van der Waals surface area contributed by atoms with Crippen molar-refractivity contribution in [1.29, 1.82) is 0 Å². The first kappa shape index (κ1) is 9.90. The first-order chi connectivity index (χ1) is 5.07. The van der Waals surface area contributed by atoms with Crippen molar-refractivity contribution < 1.29 is 14.7 Å². The summed E-state index contributed by atoms with van der Waals surface area (Å²) in [6.07, 6.45) is 0.968. The summed E-state index contributed by atoms with van der Waals surface area (Å²) in [5, 5.41) is 8.94. The normalized spacial score (nSPS) is 9.27. The van der Waals surface area contributed by atoms with Crippen LogP contribution in [0.25, 0.3) is 0 Å². The summed E-state index contributed by atoms with van der Waals surface area (Å²) in [4.78, 5) is 20.9. The molecular formula is C6H12N2O3. The summed E-state index contributed by atoms with van der Waals surface area (Å²) >= 11 is 0. The quantitative estimate of drug-likeness (QED) is 0.332. The minimum Gasteiger partial charge on any atom is -0.480 e. The van der Waals surface area contributed by atoms with E-state index in [1.54, 1.807) is 0 Å². The van der Waals surface area contributed by atoms with Crippen LogP contribution in [-0.4, -0.2) is 28.5 Å². The average molecular weight is 160 g/mol. The van der Waals surface area contributed by atoms with Gasteiger partial charge in [0, 0.05) is 6.42 Å². The third kappa shape index (κ3) is 4.32. The van der Waals surface area contributed by atoms with Crippen LogP contribution in [0, 0.1) is 0 Å². The van der Waals surface area contributed by atoms with Gasteiger partial charge in [-0.2, -0.15) is 0 Å². The van der Waals surface area contributed by atoms with E-state index in [-0.39, 0.29) is 5.91 Å². The van der Waals surface area contributed by atoms with E-state index in [0.717, 1.165) is 0 Å². The number of carbonyl (C=O) groups is 2. The molecule has 0 fully saturated rings. The van der Waals surface area contributed by atoms with Crippen LogP contribution < -0.4 is 5.84 Å². The van der Waals surface area contributed by atoms with Crippen LogP contribution in [0.2, 0.25) is 0 Å². The van der Waals surface area contributed by atoms with Gasteiger partial charge < -0.3 is 5.11 Å². The van der Waals surface area contributed by atoms with Gasteiger partial charge in [0.05, 0.1) is 0 Å². The van der Waals surface area contributed by atoms with Gasteiger partial charge in [-0.05, 0) is 6.42 Å². The van der Waals surface area contributed by atoms with Crippen molar-refractivity contribution in [1.82, 2.24) is 5.01 Å². The molecule has 11 heavy (non-hydrogen) atoms. The molecule has 0 aromatic rings. The lowest BCUT2D eigenvalue weighted by molar-refractivity contribution is -0.144. The van der Waals surface area contributed by atoms with E-state index in [9.17, 15) is 9.59 Å². The zero-order valence-corrected chi connectivity index (χ0v) is 6.41. The van der Waals surface area contributed by atoms with Gasteiger partial charge in [-0.1, -0.05) is 6.92 Å². The molecule has 0 saturated heterocycles. The average Bonchev–Trinajstić information content (AvgIpc) is 1.86. The van der Waals surface area contributed by atoms with Gasteiger partial charge in [-0.3, -0.25) is 14.6 Å². The first-order valence-electron chi connectivity index (χ1n) is 3.34. The summed E-state index contributed by atoms with van der Waals surface area (Å²) in [7, 11) is 0. The maximum absolute atomic E-state index is 10.8. The fourth-order valence-electron chi connectivity index (χ4n) is 0.591. The maximum Gasteiger partial charge on any atom is 0.324 e. The zero-order valence-electron chi connectivity index (χ0n) is 6.41. The second-order valence-electron chi connectivity index (χ2n) is 2.17. The van der Waals surface area contributed by atoms with E-state index < -0.39 is 12.5 Å². The fraction of sp³-hybridized carbons (Fsp3) is 0.667. The number of rotatable bonds is 4. The molecule has 0 aliphatic rings. The molecular weight excluding hydrogens is 148 g/mol. The van der Waals surface area contributed by atoms with Gasteiger partial charge in [-0.25, -0.2) is 5.84 Å². The molecule has 0 heterocycles. The summed E-state index contributed by atoms with van der Waals surface area (Å²) in [6.45, 7) is 1.39.